The van der Waals surface area contributed by atoms with Gasteiger partial charge in [0.25, 0.3) is 0 Å². The van der Waals surface area contributed by atoms with E-state index < -0.39 is 17.8 Å². The molecule has 1 aromatic heterocycles. The first-order chi connectivity index (χ1) is 9.36. The Morgan fingerprint density at radius 1 is 1.30 bits per heavy atom. The quantitative estimate of drug-likeness (QED) is 0.854. The Kier molecular flexibility index (Phi) is 4.07. The molecule has 1 fully saturated rings. The standard InChI is InChI=1S/C11H14F3N5O/c12-11(13,14)8-1-2-16-10(17-8)19-5-3-18(4-6-19)7-9(15)20/h1-2H,3-7H2,(H2,15,20). The Bertz CT molecular complexity index is 485. The van der Waals surface area contributed by atoms with Crippen molar-refractivity contribution in [3.05, 3.63) is 18.0 Å². The van der Waals surface area contributed by atoms with Crippen molar-refractivity contribution in [1.29, 1.82) is 0 Å². The fourth-order valence-corrected chi connectivity index (χ4v) is 1.99. The average Bonchev–Trinajstić information content (AvgIpc) is 2.38. The molecule has 1 aliphatic heterocycles. The van der Waals surface area contributed by atoms with Gasteiger partial charge in [0.05, 0.1) is 6.54 Å². The third kappa shape index (κ3) is 3.56. The van der Waals surface area contributed by atoms with Crippen molar-refractivity contribution in [3.8, 4) is 0 Å². The van der Waals surface area contributed by atoms with Crippen LogP contribution in [0.25, 0.3) is 0 Å². The number of nitrogens with two attached hydrogens (primary N) is 1. The molecule has 9 heteroatoms. The van der Waals surface area contributed by atoms with Gasteiger partial charge in [0.15, 0.2) is 0 Å². The van der Waals surface area contributed by atoms with Gasteiger partial charge in [0.1, 0.15) is 5.69 Å². The van der Waals surface area contributed by atoms with Gasteiger partial charge in [-0.25, -0.2) is 9.97 Å². The maximum atomic E-state index is 12.6. The number of rotatable bonds is 3. The summed E-state index contributed by atoms with van der Waals surface area (Å²) in [6.07, 6.45) is -3.38. The molecule has 6 nitrogen and oxygen atoms in total. The van der Waals surface area contributed by atoms with Crippen LogP contribution in [0.3, 0.4) is 0 Å². The van der Waals surface area contributed by atoms with Gasteiger partial charge >= 0.3 is 6.18 Å². The van der Waals surface area contributed by atoms with E-state index in [1.165, 1.54) is 0 Å². The molecule has 2 heterocycles. The summed E-state index contributed by atoms with van der Waals surface area (Å²) in [5.41, 5.74) is 4.14. The number of halogens is 3. The highest BCUT2D eigenvalue weighted by molar-refractivity contribution is 5.75. The summed E-state index contributed by atoms with van der Waals surface area (Å²) in [6, 6.07) is 0.840. The number of carbonyl (C=O) groups excluding carboxylic acids is 1. The number of hydrogen-bond acceptors (Lipinski definition) is 5. The van der Waals surface area contributed by atoms with Crippen LogP contribution in [-0.4, -0.2) is 53.5 Å². The molecule has 0 radical (unpaired) electrons. The largest absolute Gasteiger partial charge is 0.433 e. The summed E-state index contributed by atoms with van der Waals surface area (Å²) in [7, 11) is 0. The number of anilines is 1. The van der Waals surface area contributed by atoms with Crippen LogP contribution in [0.4, 0.5) is 19.1 Å². The van der Waals surface area contributed by atoms with Gasteiger partial charge in [-0.2, -0.15) is 13.2 Å². The van der Waals surface area contributed by atoms with Gasteiger partial charge in [-0.15, -0.1) is 0 Å². The Labute approximate surface area is 113 Å². The number of piperazine rings is 1. The van der Waals surface area contributed by atoms with Crippen LogP contribution in [0.2, 0.25) is 0 Å². The first kappa shape index (κ1) is 14.5. The van der Waals surface area contributed by atoms with Gasteiger partial charge in [-0.3, -0.25) is 9.69 Å². The molecule has 20 heavy (non-hydrogen) atoms. The third-order valence-electron chi connectivity index (χ3n) is 2.97. The zero-order valence-corrected chi connectivity index (χ0v) is 10.6. The Hall–Kier alpha value is -1.90. The number of amides is 1. The number of hydrogen-bond donors (Lipinski definition) is 1. The van der Waals surface area contributed by atoms with Crippen molar-refractivity contribution in [1.82, 2.24) is 14.9 Å². The molecule has 0 aliphatic carbocycles. The second-order valence-corrected chi connectivity index (χ2v) is 4.47. The number of aromatic nitrogens is 2. The molecule has 0 spiro atoms. The second kappa shape index (κ2) is 5.61. The highest BCUT2D eigenvalue weighted by Gasteiger charge is 2.33. The predicted molar refractivity (Wildman–Crippen MR) is 64.9 cm³/mol. The number of primary amides is 1. The lowest BCUT2D eigenvalue weighted by Crippen LogP contribution is -2.49. The van der Waals surface area contributed by atoms with Crippen molar-refractivity contribution >= 4 is 11.9 Å². The maximum Gasteiger partial charge on any atom is 0.433 e. The first-order valence-electron chi connectivity index (χ1n) is 6.02. The fourth-order valence-electron chi connectivity index (χ4n) is 1.99. The number of nitrogens with zero attached hydrogens (tertiary/aromatic N) is 4. The molecule has 0 atom stereocenters. The lowest BCUT2D eigenvalue weighted by atomic mass is 10.3. The van der Waals surface area contributed by atoms with Gasteiger partial charge in [0.2, 0.25) is 11.9 Å². The van der Waals surface area contributed by atoms with E-state index in [2.05, 4.69) is 9.97 Å². The topological polar surface area (TPSA) is 75.4 Å². The van der Waals surface area contributed by atoms with Crippen molar-refractivity contribution < 1.29 is 18.0 Å². The monoisotopic (exact) mass is 289 g/mol. The second-order valence-electron chi connectivity index (χ2n) is 4.47. The summed E-state index contributed by atoms with van der Waals surface area (Å²) < 4.78 is 37.7. The van der Waals surface area contributed by atoms with Crippen molar-refractivity contribution in [2.45, 2.75) is 6.18 Å². The van der Waals surface area contributed by atoms with Crippen LogP contribution in [0.15, 0.2) is 12.3 Å². The molecule has 0 unspecified atom stereocenters. The molecule has 0 saturated carbocycles. The van der Waals surface area contributed by atoms with Crippen LogP contribution in [-0.2, 0) is 11.0 Å². The van der Waals surface area contributed by atoms with E-state index in [-0.39, 0.29) is 12.5 Å². The Morgan fingerprint density at radius 2 is 1.95 bits per heavy atom. The molecular formula is C11H14F3N5O. The zero-order valence-electron chi connectivity index (χ0n) is 10.6. The molecular weight excluding hydrogens is 275 g/mol. The lowest BCUT2D eigenvalue weighted by molar-refractivity contribution is -0.141. The molecule has 0 aromatic carbocycles. The van der Waals surface area contributed by atoms with E-state index in [0.29, 0.717) is 26.2 Å². The first-order valence-corrected chi connectivity index (χ1v) is 6.02. The third-order valence-corrected chi connectivity index (χ3v) is 2.97. The van der Waals surface area contributed by atoms with E-state index in [9.17, 15) is 18.0 Å². The van der Waals surface area contributed by atoms with E-state index in [0.717, 1.165) is 12.3 Å². The average molecular weight is 289 g/mol. The van der Waals surface area contributed by atoms with Gasteiger partial charge in [-0.05, 0) is 6.07 Å². The van der Waals surface area contributed by atoms with Crippen LogP contribution in [0, 0.1) is 0 Å². The highest BCUT2D eigenvalue weighted by Crippen LogP contribution is 2.28. The van der Waals surface area contributed by atoms with E-state index in [1.807, 2.05) is 4.90 Å². The Morgan fingerprint density at radius 3 is 2.50 bits per heavy atom. The summed E-state index contributed by atoms with van der Waals surface area (Å²) in [4.78, 5) is 21.7. The van der Waals surface area contributed by atoms with Gasteiger partial charge < -0.3 is 10.6 Å². The van der Waals surface area contributed by atoms with Crippen LogP contribution in [0.1, 0.15) is 5.69 Å². The zero-order chi connectivity index (χ0) is 14.8. The van der Waals surface area contributed by atoms with Crippen LogP contribution in [0.5, 0.6) is 0 Å². The molecule has 110 valence electrons. The van der Waals surface area contributed by atoms with Crippen molar-refractivity contribution in [2.75, 3.05) is 37.6 Å². The minimum atomic E-state index is -4.48. The van der Waals surface area contributed by atoms with E-state index in [1.54, 1.807) is 4.90 Å². The summed E-state index contributed by atoms with van der Waals surface area (Å²) in [5.74, 6) is -0.368. The minimum Gasteiger partial charge on any atom is -0.369 e. The minimum absolute atomic E-state index is 0.0542. The number of alkyl halides is 3. The molecule has 2 N–H and O–H groups in total. The molecule has 0 bridgehead atoms. The molecule has 1 saturated heterocycles. The smallest absolute Gasteiger partial charge is 0.369 e. The predicted octanol–water partition coefficient (Wildman–Crippen LogP) is 0.103. The van der Waals surface area contributed by atoms with E-state index in [4.69, 9.17) is 5.73 Å². The summed E-state index contributed by atoms with van der Waals surface area (Å²) >= 11 is 0. The summed E-state index contributed by atoms with van der Waals surface area (Å²) in [5, 5.41) is 0. The van der Waals surface area contributed by atoms with Crippen molar-refractivity contribution in [2.24, 2.45) is 5.73 Å². The normalized spacial score (nSPS) is 17.2. The van der Waals surface area contributed by atoms with Crippen molar-refractivity contribution in [3.63, 3.8) is 0 Å². The highest BCUT2D eigenvalue weighted by atomic mass is 19.4. The van der Waals surface area contributed by atoms with Gasteiger partial charge in [-0.1, -0.05) is 0 Å². The SMILES string of the molecule is NC(=O)CN1CCN(c2nccc(C(F)(F)F)n2)CC1. The maximum absolute atomic E-state index is 12.6. The van der Waals surface area contributed by atoms with Crippen LogP contribution < -0.4 is 10.6 Å². The Balaban J connectivity index is 2.02. The number of carbonyl (C=O) groups is 1. The van der Waals surface area contributed by atoms with Crippen LogP contribution >= 0.6 is 0 Å². The molecule has 2 rings (SSSR count). The molecule has 1 aliphatic rings. The van der Waals surface area contributed by atoms with E-state index >= 15 is 0 Å². The lowest BCUT2D eigenvalue weighted by Gasteiger charge is -2.34. The molecule has 1 aromatic rings. The summed E-state index contributed by atoms with van der Waals surface area (Å²) in [6.45, 7) is 2.12. The molecule has 1 amide bonds. The fraction of sp³-hybridized carbons (Fsp3) is 0.545. The van der Waals surface area contributed by atoms with Gasteiger partial charge in [0, 0.05) is 32.4 Å².